The summed E-state index contributed by atoms with van der Waals surface area (Å²) in [5.41, 5.74) is 3.54. The third-order valence-corrected chi connectivity index (χ3v) is 5.75. The summed E-state index contributed by atoms with van der Waals surface area (Å²) in [6.45, 7) is 5.25. The molecule has 192 valence electrons. The minimum absolute atomic E-state index is 0.0349. The fraction of sp³-hybridized carbons (Fsp3) is 0.194. The molecule has 1 heterocycles. The number of carbonyl (C=O) groups excluding carboxylic acids is 1. The van der Waals surface area contributed by atoms with Crippen molar-refractivity contribution in [2.75, 3.05) is 18.5 Å². The first-order valence-electron chi connectivity index (χ1n) is 12.7. The molecule has 0 radical (unpaired) electrons. The van der Waals surface area contributed by atoms with Crippen molar-refractivity contribution in [1.82, 2.24) is 9.78 Å². The lowest BCUT2D eigenvalue weighted by Crippen LogP contribution is -2.13. The van der Waals surface area contributed by atoms with E-state index in [4.69, 9.17) is 14.6 Å². The van der Waals surface area contributed by atoms with Crippen LogP contribution in [0.3, 0.4) is 0 Å². The molecule has 4 rings (SSSR count). The van der Waals surface area contributed by atoms with E-state index in [0.29, 0.717) is 35.9 Å². The lowest BCUT2D eigenvalue weighted by molar-refractivity contribution is -0.112. The Bertz CT molecular complexity index is 1420. The predicted molar refractivity (Wildman–Crippen MR) is 149 cm³/mol. The summed E-state index contributed by atoms with van der Waals surface area (Å²) in [5.74, 6) is 0.991. The zero-order chi connectivity index (χ0) is 26.7. The third kappa shape index (κ3) is 6.68. The molecule has 0 aliphatic carbocycles. The van der Waals surface area contributed by atoms with Crippen LogP contribution in [-0.4, -0.2) is 28.9 Å². The molecule has 4 aromatic rings. The summed E-state index contributed by atoms with van der Waals surface area (Å²) in [6.07, 6.45) is 5.45. The van der Waals surface area contributed by atoms with Gasteiger partial charge in [0.15, 0.2) is 0 Å². The molecule has 0 saturated heterocycles. The highest BCUT2D eigenvalue weighted by molar-refractivity contribution is 6.10. The minimum Gasteiger partial charge on any atom is -0.494 e. The van der Waals surface area contributed by atoms with E-state index in [0.717, 1.165) is 29.8 Å². The summed E-state index contributed by atoms with van der Waals surface area (Å²) in [7, 11) is 0. The van der Waals surface area contributed by atoms with Gasteiger partial charge in [-0.25, -0.2) is 4.68 Å². The first kappa shape index (κ1) is 26.2. The molecule has 0 unspecified atom stereocenters. The average Bonchev–Trinajstić information content (AvgIpc) is 3.38. The number of anilines is 1. The maximum absolute atomic E-state index is 13.0. The molecule has 0 aliphatic rings. The van der Waals surface area contributed by atoms with E-state index < -0.39 is 5.91 Å². The number of hydrogen-bond acceptors (Lipinski definition) is 5. The minimum atomic E-state index is -0.505. The molecule has 0 bridgehead atoms. The van der Waals surface area contributed by atoms with Gasteiger partial charge in [0, 0.05) is 23.0 Å². The van der Waals surface area contributed by atoms with E-state index in [9.17, 15) is 10.1 Å². The van der Waals surface area contributed by atoms with Crippen LogP contribution in [0.1, 0.15) is 32.3 Å². The molecule has 1 N–H and O–H groups in total. The van der Waals surface area contributed by atoms with Crippen LogP contribution in [0.5, 0.6) is 11.5 Å². The fourth-order valence-electron chi connectivity index (χ4n) is 3.78. The van der Waals surface area contributed by atoms with Gasteiger partial charge in [0.1, 0.15) is 23.1 Å². The van der Waals surface area contributed by atoms with Gasteiger partial charge in [-0.2, -0.15) is 10.4 Å². The number of ether oxygens (including phenoxy) is 2. The highest BCUT2D eigenvalue weighted by Crippen LogP contribution is 2.28. The standard InChI is InChI=1S/C31H30N4O3/c1-3-5-19-38-29-15-11-23(12-16-29)30-25(22-35(34-30)27-9-7-6-8-10-27)20-24(21-32)31(36)33-26-13-17-28(18-14-26)37-4-2/h6-18,20,22H,3-5,19H2,1-2H3,(H,33,36)/b24-20+. The average molecular weight is 507 g/mol. The van der Waals surface area contributed by atoms with Crippen LogP contribution < -0.4 is 14.8 Å². The fourth-order valence-corrected chi connectivity index (χ4v) is 3.78. The molecular formula is C31H30N4O3. The van der Waals surface area contributed by atoms with Crippen molar-refractivity contribution >= 4 is 17.7 Å². The van der Waals surface area contributed by atoms with Crippen LogP contribution in [0, 0.1) is 11.3 Å². The van der Waals surface area contributed by atoms with Gasteiger partial charge < -0.3 is 14.8 Å². The number of hydrogen-bond donors (Lipinski definition) is 1. The Hall–Kier alpha value is -4.83. The quantitative estimate of drug-likeness (QED) is 0.140. The molecule has 38 heavy (non-hydrogen) atoms. The highest BCUT2D eigenvalue weighted by Gasteiger charge is 2.16. The van der Waals surface area contributed by atoms with Gasteiger partial charge >= 0.3 is 0 Å². The monoisotopic (exact) mass is 506 g/mol. The molecule has 7 nitrogen and oxygen atoms in total. The van der Waals surface area contributed by atoms with Crippen LogP contribution in [0.15, 0.2) is 90.6 Å². The van der Waals surface area contributed by atoms with Crippen LogP contribution >= 0.6 is 0 Å². The van der Waals surface area contributed by atoms with Gasteiger partial charge in [-0.1, -0.05) is 31.5 Å². The second kappa shape index (κ2) is 12.9. The van der Waals surface area contributed by atoms with Crippen molar-refractivity contribution in [2.24, 2.45) is 0 Å². The third-order valence-electron chi connectivity index (χ3n) is 5.75. The van der Waals surface area contributed by atoms with Gasteiger partial charge in [-0.15, -0.1) is 0 Å². The number of nitriles is 1. The number of nitrogens with zero attached hydrogens (tertiary/aromatic N) is 3. The number of carbonyl (C=O) groups is 1. The number of nitrogens with one attached hydrogen (secondary N) is 1. The van der Waals surface area contributed by atoms with E-state index in [1.807, 2.05) is 73.8 Å². The molecule has 0 spiro atoms. The zero-order valence-corrected chi connectivity index (χ0v) is 21.6. The first-order chi connectivity index (χ1) is 18.6. The maximum atomic E-state index is 13.0. The number of amides is 1. The molecule has 7 heteroatoms. The molecule has 0 atom stereocenters. The number of aromatic nitrogens is 2. The lowest BCUT2D eigenvalue weighted by atomic mass is 10.1. The summed E-state index contributed by atoms with van der Waals surface area (Å²) >= 11 is 0. The first-order valence-corrected chi connectivity index (χ1v) is 12.7. The summed E-state index contributed by atoms with van der Waals surface area (Å²) < 4.78 is 13.0. The number of benzene rings is 3. The molecule has 1 aromatic heterocycles. The Labute approximate surface area is 223 Å². The van der Waals surface area contributed by atoms with Crippen molar-refractivity contribution in [1.29, 1.82) is 5.26 Å². The van der Waals surface area contributed by atoms with Gasteiger partial charge in [0.25, 0.3) is 5.91 Å². The van der Waals surface area contributed by atoms with E-state index in [1.165, 1.54) is 0 Å². The Kier molecular flexibility index (Phi) is 8.93. The Morgan fingerprint density at radius 2 is 1.66 bits per heavy atom. The van der Waals surface area contributed by atoms with E-state index in [-0.39, 0.29) is 5.57 Å². The van der Waals surface area contributed by atoms with Crippen molar-refractivity contribution in [2.45, 2.75) is 26.7 Å². The number of rotatable bonds is 11. The molecule has 3 aromatic carbocycles. The molecule has 0 fully saturated rings. The van der Waals surface area contributed by atoms with Crippen molar-refractivity contribution in [3.05, 3.63) is 96.2 Å². The topological polar surface area (TPSA) is 89.2 Å². The van der Waals surface area contributed by atoms with Crippen LogP contribution in [0.2, 0.25) is 0 Å². The van der Waals surface area contributed by atoms with Crippen molar-refractivity contribution in [3.8, 4) is 34.5 Å². The van der Waals surface area contributed by atoms with Crippen molar-refractivity contribution in [3.63, 3.8) is 0 Å². The smallest absolute Gasteiger partial charge is 0.266 e. The lowest BCUT2D eigenvalue weighted by Gasteiger charge is -2.07. The molecular weight excluding hydrogens is 476 g/mol. The molecule has 0 saturated carbocycles. The molecule has 1 amide bonds. The number of unbranched alkanes of at least 4 members (excludes halogenated alkanes) is 1. The van der Waals surface area contributed by atoms with E-state index in [2.05, 4.69) is 12.2 Å². The number of para-hydroxylation sites is 1. The Morgan fingerprint density at radius 3 is 2.32 bits per heavy atom. The van der Waals surface area contributed by atoms with E-state index >= 15 is 0 Å². The van der Waals surface area contributed by atoms with Gasteiger partial charge in [0.05, 0.1) is 24.6 Å². The maximum Gasteiger partial charge on any atom is 0.266 e. The van der Waals surface area contributed by atoms with Gasteiger partial charge in [-0.05, 0) is 80.1 Å². The SMILES string of the molecule is CCCCOc1ccc(-c2nn(-c3ccccc3)cc2/C=C(\C#N)C(=O)Nc2ccc(OCC)cc2)cc1. The van der Waals surface area contributed by atoms with Crippen molar-refractivity contribution < 1.29 is 14.3 Å². The zero-order valence-electron chi connectivity index (χ0n) is 21.6. The van der Waals surface area contributed by atoms with E-state index in [1.54, 1.807) is 35.0 Å². The normalized spacial score (nSPS) is 11.0. The summed E-state index contributed by atoms with van der Waals surface area (Å²) in [5, 5.41) is 17.4. The highest BCUT2D eigenvalue weighted by atomic mass is 16.5. The van der Waals surface area contributed by atoms with Crippen LogP contribution in [0.4, 0.5) is 5.69 Å². The molecule has 0 aliphatic heterocycles. The Balaban J connectivity index is 1.64. The predicted octanol–water partition coefficient (Wildman–Crippen LogP) is 6.66. The second-order valence-corrected chi connectivity index (χ2v) is 8.52. The van der Waals surface area contributed by atoms with Gasteiger partial charge in [0.2, 0.25) is 0 Å². The van der Waals surface area contributed by atoms with Gasteiger partial charge in [-0.3, -0.25) is 4.79 Å². The summed E-state index contributed by atoms with van der Waals surface area (Å²) in [6, 6.07) is 26.4. The van der Waals surface area contributed by atoms with Crippen LogP contribution in [-0.2, 0) is 4.79 Å². The second-order valence-electron chi connectivity index (χ2n) is 8.52. The van der Waals surface area contributed by atoms with Crippen LogP contribution in [0.25, 0.3) is 23.0 Å². The largest absolute Gasteiger partial charge is 0.494 e. The summed E-state index contributed by atoms with van der Waals surface area (Å²) in [4.78, 5) is 13.0. The Morgan fingerprint density at radius 1 is 0.974 bits per heavy atom.